The van der Waals surface area contributed by atoms with Crippen LogP contribution in [0.25, 0.3) is 0 Å². The van der Waals surface area contributed by atoms with Crippen LogP contribution in [0.5, 0.6) is 0 Å². The van der Waals surface area contributed by atoms with E-state index in [-0.39, 0.29) is 24.9 Å². The molecule has 0 saturated heterocycles. The second kappa shape index (κ2) is 18.1. The van der Waals surface area contributed by atoms with E-state index in [1.807, 2.05) is 35.6 Å². The molecule has 0 aliphatic carbocycles. The molecule has 0 radical (unpaired) electrons. The molecule has 0 bridgehead atoms. The number of benzene rings is 1. The normalized spacial score (nSPS) is 12.8. The van der Waals surface area contributed by atoms with Gasteiger partial charge in [0.05, 0.1) is 5.92 Å². The lowest BCUT2D eigenvalue weighted by Crippen LogP contribution is -2.37. The number of alkyl halides is 6. The van der Waals surface area contributed by atoms with Gasteiger partial charge in [-0.1, -0.05) is 57.0 Å². The summed E-state index contributed by atoms with van der Waals surface area (Å²) in [5.41, 5.74) is 1.00. The van der Waals surface area contributed by atoms with Gasteiger partial charge in [0.1, 0.15) is 0 Å². The van der Waals surface area contributed by atoms with E-state index >= 15 is 0 Å². The van der Waals surface area contributed by atoms with Crippen LogP contribution in [0.1, 0.15) is 57.9 Å². The molecule has 14 heteroatoms. The Kier molecular flexibility index (Phi) is 16.5. The van der Waals surface area contributed by atoms with Gasteiger partial charge in [-0.3, -0.25) is 19.2 Å². The first-order valence-electron chi connectivity index (χ1n) is 12.3. The Morgan fingerprint density at radius 2 is 1.15 bits per heavy atom. The second-order valence-corrected chi connectivity index (χ2v) is 8.84. The number of unbranched alkanes of at least 4 members (excludes halogenated alkanes) is 2. The Morgan fingerprint density at radius 1 is 0.718 bits per heavy atom. The summed E-state index contributed by atoms with van der Waals surface area (Å²) in [4.78, 5) is 43.2. The van der Waals surface area contributed by atoms with Gasteiger partial charge in [-0.25, -0.2) is 0 Å². The number of carboxylic acid groups (broad SMARTS) is 1. The number of aliphatic carboxylic acids is 1. The molecule has 1 rings (SSSR count). The molecule has 0 aromatic heterocycles. The van der Waals surface area contributed by atoms with Gasteiger partial charge in [0.25, 0.3) is 0 Å². The molecule has 8 nitrogen and oxygen atoms in total. The first kappa shape index (κ1) is 35.7. The number of carbonyl (C=O) groups is 4. The van der Waals surface area contributed by atoms with Gasteiger partial charge in [-0.2, -0.15) is 26.3 Å². The van der Waals surface area contributed by atoms with E-state index in [2.05, 4.69) is 5.32 Å². The molecule has 2 atom stereocenters. The molecule has 1 aromatic carbocycles. The van der Waals surface area contributed by atoms with Crippen molar-refractivity contribution in [3.05, 3.63) is 35.9 Å². The number of amides is 3. The van der Waals surface area contributed by atoms with Gasteiger partial charge in [0, 0.05) is 25.6 Å². The minimum Gasteiger partial charge on any atom is -0.481 e. The van der Waals surface area contributed by atoms with Crippen LogP contribution < -0.4 is 16.0 Å². The molecule has 0 unspecified atom stereocenters. The third kappa shape index (κ3) is 17.7. The lowest BCUT2D eigenvalue weighted by atomic mass is 10.0. The van der Waals surface area contributed by atoms with Crippen molar-refractivity contribution in [2.45, 2.75) is 71.3 Å². The molecular weight excluding hydrogens is 536 g/mol. The quantitative estimate of drug-likeness (QED) is 0.195. The zero-order valence-electron chi connectivity index (χ0n) is 21.8. The highest BCUT2D eigenvalue weighted by molar-refractivity contribution is 5.82. The fraction of sp³-hybridized carbons (Fsp3) is 0.600. The Hall–Kier alpha value is -3.32. The van der Waals surface area contributed by atoms with Crippen molar-refractivity contribution in [2.24, 2.45) is 11.8 Å². The average Bonchev–Trinajstić information content (AvgIpc) is 2.86. The molecule has 0 spiro atoms. The Bertz CT molecular complexity index is 894. The topological polar surface area (TPSA) is 125 Å². The Morgan fingerprint density at radius 3 is 1.56 bits per heavy atom. The van der Waals surface area contributed by atoms with Crippen molar-refractivity contribution in [3.63, 3.8) is 0 Å². The molecule has 0 heterocycles. The maximum absolute atomic E-state index is 12.0. The van der Waals surface area contributed by atoms with E-state index in [1.54, 1.807) is 12.2 Å². The van der Waals surface area contributed by atoms with Crippen LogP contribution in [-0.2, 0) is 25.7 Å². The summed E-state index contributed by atoms with van der Waals surface area (Å²) in [6.07, 6.45) is -6.99. The minimum absolute atomic E-state index is 0.0449. The zero-order valence-corrected chi connectivity index (χ0v) is 21.8. The van der Waals surface area contributed by atoms with Crippen molar-refractivity contribution in [3.8, 4) is 0 Å². The summed E-state index contributed by atoms with van der Waals surface area (Å²) in [6, 6.07) is 9.49. The smallest absolute Gasteiger partial charge is 0.471 e. The number of carboxylic acids is 1. The van der Waals surface area contributed by atoms with E-state index in [4.69, 9.17) is 5.11 Å². The van der Waals surface area contributed by atoms with Crippen LogP contribution in [0.2, 0.25) is 0 Å². The van der Waals surface area contributed by atoms with Gasteiger partial charge in [0.2, 0.25) is 5.91 Å². The molecule has 3 amide bonds. The highest BCUT2D eigenvalue weighted by Crippen LogP contribution is 2.15. The Labute approximate surface area is 222 Å². The van der Waals surface area contributed by atoms with Gasteiger partial charge < -0.3 is 21.1 Å². The van der Waals surface area contributed by atoms with E-state index in [1.165, 1.54) is 6.92 Å². The molecule has 4 N–H and O–H groups in total. The van der Waals surface area contributed by atoms with Crippen LogP contribution in [0.15, 0.2) is 30.3 Å². The molecule has 39 heavy (non-hydrogen) atoms. The molecular formula is C25H35F6N3O5. The van der Waals surface area contributed by atoms with Crippen molar-refractivity contribution >= 4 is 23.7 Å². The summed E-state index contributed by atoms with van der Waals surface area (Å²) >= 11 is 0. The van der Waals surface area contributed by atoms with Crippen molar-refractivity contribution in [2.75, 3.05) is 13.1 Å². The lowest BCUT2D eigenvalue weighted by molar-refractivity contribution is -0.173. The summed E-state index contributed by atoms with van der Waals surface area (Å²) in [6.45, 7) is 3.61. The van der Waals surface area contributed by atoms with Gasteiger partial charge in [-0.05, 0) is 31.2 Å². The van der Waals surface area contributed by atoms with E-state index in [9.17, 15) is 45.5 Å². The SMILES string of the molecule is C[C@@H](CCCCNC(=O)C(F)(F)F)C(=O)NCc1ccccc1.C[C@@H](CCCCNC(=O)C(F)(F)F)C(=O)O. The summed E-state index contributed by atoms with van der Waals surface area (Å²) in [5.74, 6) is -5.65. The number of carbonyl (C=O) groups excluding carboxylic acids is 3. The molecule has 0 fully saturated rings. The first-order valence-corrected chi connectivity index (χ1v) is 12.3. The van der Waals surface area contributed by atoms with Crippen LogP contribution in [0.4, 0.5) is 26.3 Å². The number of hydrogen-bond acceptors (Lipinski definition) is 4. The largest absolute Gasteiger partial charge is 0.481 e. The minimum atomic E-state index is -4.85. The number of nitrogens with one attached hydrogen (secondary N) is 3. The Balaban J connectivity index is 0.000000794. The van der Waals surface area contributed by atoms with Crippen molar-refractivity contribution in [1.29, 1.82) is 0 Å². The van der Waals surface area contributed by atoms with E-state index in [0.29, 0.717) is 45.1 Å². The maximum atomic E-state index is 12.0. The first-order chi connectivity index (χ1) is 18.1. The fourth-order valence-corrected chi connectivity index (χ4v) is 2.97. The third-order valence-corrected chi connectivity index (χ3v) is 5.39. The second-order valence-electron chi connectivity index (χ2n) is 8.84. The van der Waals surface area contributed by atoms with E-state index < -0.39 is 36.1 Å². The molecule has 0 aliphatic rings. The average molecular weight is 572 g/mol. The molecule has 1 aromatic rings. The summed E-state index contributed by atoms with van der Waals surface area (Å²) in [7, 11) is 0. The predicted molar refractivity (Wildman–Crippen MR) is 130 cm³/mol. The van der Waals surface area contributed by atoms with Gasteiger partial charge in [0.15, 0.2) is 0 Å². The van der Waals surface area contributed by atoms with Gasteiger partial charge in [-0.15, -0.1) is 0 Å². The zero-order chi connectivity index (χ0) is 30.1. The third-order valence-electron chi connectivity index (χ3n) is 5.39. The number of hydrogen-bond donors (Lipinski definition) is 4. The standard InChI is InChI=1S/C16H21F3N2O2.C9H14F3NO3/c1-12(7-5-6-10-20-15(23)16(17,18)19)14(22)21-11-13-8-3-2-4-9-13;1-6(7(14)15)4-2-3-5-13-8(16)9(10,11)12/h2-4,8-9,12H,5-7,10-11H2,1H3,(H,20,23)(H,21,22);6H,2-5H2,1H3,(H,13,16)(H,14,15)/t12-;6-/m00/s1. The summed E-state index contributed by atoms with van der Waals surface area (Å²) in [5, 5.41) is 14.9. The van der Waals surface area contributed by atoms with Crippen molar-refractivity contribution < 1.29 is 50.6 Å². The molecule has 222 valence electrons. The molecule has 0 aliphatic heterocycles. The molecule has 0 saturated carbocycles. The monoisotopic (exact) mass is 571 g/mol. The van der Waals surface area contributed by atoms with Crippen LogP contribution >= 0.6 is 0 Å². The number of halogens is 6. The summed E-state index contributed by atoms with van der Waals surface area (Å²) < 4.78 is 71.0. The maximum Gasteiger partial charge on any atom is 0.471 e. The van der Waals surface area contributed by atoms with Gasteiger partial charge >= 0.3 is 30.1 Å². The lowest BCUT2D eigenvalue weighted by Gasteiger charge is -2.12. The predicted octanol–water partition coefficient (Wildman–Crippen LogP) is 4.34. The van der Waals surface area contributed by atoms with Crippen molar-refractivity contribution in [1.82, 2.24) is 16.0 Å². The highest BCUT2D eigenvalue weighted by Gasteiger charge is 2.38. The fourth-order valence-electron chi connectivity index (χ4n) is 2.97. The van der Waals surface area contributed by atoms with Crippen LogP contribution in [0, 0.1) is 11.8 Å². The van der Waals surface area contributed by atoms with E-state index in [0.717, 1.165) is 5.56 Å². The highest BCUT2D eigenvalue weighted by atomic mass is 19.4. The van der Waals surface area contributed by atoms with Crippen LogP contribution in [-0.4, -0.2) is 54.2 Å². The van der Waals surface area contributed by atoms with Crippen LogP contribution in [0.3, 0.4) is 0 Å². The number of rotatable bonds is 14.